The van der Waals surface area contributed by atoms with Gasteiger partial charge in [0.2, 0.25) is 0 Å². The first kappa shape index (κ1) is 19.3. The molecule has 0 radical (unpaired) electrons. The number of nitrogens with one attached hydrogen (secondary N) is 1. The van der Waals surface area contributed by atoms with Crippen molar-refractivity contribution in [2.24, 2.45) is 7.05 Å². The second-order valence-corrected chi connectivity index (χ2v) is 8.17. The Morgan fingerprint density at radius 3 is 2.96 bits per heavy atom. The predicted octanol–water partition coefficient (Wildman–Crippen LogP) is 2.80. The van der Waals surface area contributed by atoms with Crippen LogP contribution in [-0.4, -0.2) is 64.7 Å². The van der Waals surface area contributed by atoms with Gasteiger partial charge in [-0.3, -0.25) is 14.7 Å². The van der Waals surface area contributed by atoms with Crippen molar-refractivity contribution in [2.45, 2.75) is 6.42 Å². The molecular formula is C19H22ClN5O2S. The molecule has 0 unspecified atom stereocenters. The molecule has 3 aromatic rings. The van der Waals surface area contributed by atoms with E-state index in [-0.39, 0.29) is 5.91 Å². The molecule has 7 nitrogen and oxygen atoms in total. The molecular weight excluding hydrogens is 398 g/mol. The van der Waals surface area contributed by atoms with Gasteiger partial charge in [0.1, 0.15) is 0 Å². The molecule has 1 N–H and O–H groups in total. The lowest BCUT2D eigenvalue weighted by molar-refractivity contribution is 0.0374. The monoisotopic (exact) mass is 419 g/mol. The van der Waals surface area contributed by atoms with Crippen LogP contribution in [0.4, 0.5) is 0 Å². The number of hydrogen-bond donors (Lipinski definition) is 1. The van der Waals surface area contributed by atoms with Crippen LogP contribution >= 0.6 is 22.9 Å². The van der Waals surface area contributed by atoms with Gasteiger partial charge in [-0.15, -0.1) is 11.3 Å². The highest BCUT2D eigenvalue weighted by atomic mass is 35.5. The van der Waals surface area contributed by atoms with Crippen molar-refractivity contribution in [2.75, 3.05) is 39.4 Å². The minimum Gasteiger partial charge on any atom is -0.379 e. The number of morpholine rings is 1. The van der Waals surface area contributed by atoms with Gasteiger partial charge in [0, 0.05) is 32.9 Å². The molecule has 0 spiro atoms. The quantitative estimate of drug-likeness (QED) is 0.622. The lowest BCUT2D eigenvalue weighted by Crippen LogP contribution is -2.38. The van der Waals surface area contributed by atoms with Crippen molar-refractivity contribution in [1.82, 2.24) is 24.8 Å². The van der Waals surface area contributed by atoms with E-state index < -0.39 is 0 Å². The van der Waals surface area contributed by atoms with Crippen LogP contribution in [0.2, 0.25) is 5.02 Å². The molecule has 1 aliphatic rings. The predicted molar refractivity (Wildman–Crippen MR) is 111 cm³/mol. The Bertz CT molecular complexity index is 980. The fraction of sp³-hybridized carbons (Fsp3) is 0.421. The summed E-state index contributed by atoms with van der Waals surface area (Å²) in [5, 5.41) is 3.65. The zero-order valence-electron chi connectivity index (χ0n) is 15.7. The van der Waals surface area contributed by atoms with Crippen molar-refractivity contribution in [3.8, 4) is 10.6 Å². The summed E-state index contributed by atoms with van der Waals surface area (Å²) in [5.41, 5.74) is 1.72. The Kier molecular flexibility index (Phi) is 5.91. The molecule has 3 aromatic heterocycles. The summed E-state index contributed by atoms with van der Waals surface area (Å²) in [5.74, 6) is 0.242. The van der Waals surface area contributed by atoms with Gasteiger partial charge in [-0.25, -0.2) is 4.98 Å². The first-order valence-corrected chi connectivity index (χ1v) is 10.5. The average Bonchev–Trinajstić information content (AvgIpc) is 3.30. The molecule has 1 saturated heterocycles. The molecule has 1 aliphatic heterocycles. The van der Waals surface area contributed by atoms with E-state index >= 15 is 0 Å². The third kappa shape index (κ3) is 4.05. The van der Waals surface area contributed by atoms with E-state index in [1.807, 2.05) is 17.7 Å². The Hall–Kier alpha value is -2.00. The highest BCUT2D eigenvalue weighted by molar-refractivity contribution is 7.22. The largest absolute Gasteiger partial charge is 0.379 e. The standard InChI is InChI=1S/C19H22ClN5O2S/c1-24-15(16-11-14-17(28-16)13(20)3-5-21-14)12-23-18(24)19(26)22-4-2-6-25-7-9-27-10-8-25/h3,5,11-12H,2,4,6-10H2,1H3,(H,22,26). The number of amides is 1. The Labute approximate surface area is 172 Å². The van der Waals surface area contributed by atoms with Crippen LogP contribution < -0.4 is 5.32 Å². The lowest BCUT2D eigenvalue weighted by Gasteiger charge is -2.26. The number of carbonyl (C=O) groups is 1. The summed E-state index contributed by atoms with van der Waals surface area (Å²) in [4.78, 5) is 24.6. The number of ether oxygens (including phenoxy) is 1. The van der Waals surface area contributed by atoms with Crippen LogP contribution in [0, 0.1) is 0 Å². The Balaban J connectivity index is 1.39. The Morgan fingerprint density at radius 1 is 1.36 bits per heavy atom. The van der Waals surface area contributed by atoms with Gasteiger partial charge in [0.15, 0.2) is 5.82 Å². The number of halogens is 1. The summed E-state index contributed by atoms with van der Waals surface area (Å²) < 4.78 is 8.10. The number of hydrogen-bond acceptors (Lipinski definition) is 6. The fourth-order valence-electron chi connectivity index (χ4n) is 3.29. The summed E-state index contributed by atoms with van der Waals surface area (Å²) in [6, 6.07) is 3.76. The highest BCUT2D eigenvalue weighted by Crippen LogP contribution is 2.36. The third-order valence-electron chi connectivity index (χ3n) is 4.85. The van der Waals surface area contributed by atoms with Crippen LogP contribution in [0.1, 0.15) is 17.0 Å². The summed E-state index contributed by atoms with van der Waals surface area (Å²) in [6.07, 6.45) is 4.32. The molecule has 148 valence electrons. The molecule has 0 bridgehead atoms. The maximum atomic E-state index is 12.5. The molecule has 1 fully saturated rings. The molecule has 28 heavy (non-hydrogen) atoms. The van der Waals surface area contributed by atoms with Gasteiger partial charge in [-0.2, -0.15) is 0 Å². The van der Waals surface area contributed by atoms with E-state index in [9.17, 15) is 4.79 Å². The van der Waals surface area contributed by atoms with Crippen molar-refractivity contribution in [3.63, 3.8) is 0 Å². The first-order valence-electron chi connectivity index (χ1n) is 9.28. The van der Waals surface area contributed by atoms with Gasteiger partial charge in [-0.05, 0) is 25.1 Å². The van der Waals surface area contributed by atoms with Crippen molar-refractivity contribution >= 4 is 39.1 Å². The van der Waals surface area contributed by atoms with E-state index in [4.69, 9.17) is 16.3 Å². The van der Waals surface area contributed by atoms with Crippen molar-refractivity contribution < 1.29 is 9.53 Å². The Morgan fingerprint density at radius 2 is 2.18 bits per heavy atom. The van der Waals surface area contributed by atoms with Crippen molar-refractivity contribution in [3.05, 3.63) is 35.4 Å². The number of rotatable bonds is 6. The molecule has 0 saturated carbocycles. The number of fused-ring (bicyclic) bond motifs is 1. The topological polar surface area (TPSA) is 72.3 Å². The second-order valence-electron chi connectivity index (χ2n) is 6.71. The van der Waals surface area contributed by atoms with Crippen LogP contribution in [-0.2, 0) is 11.8 Å². The van der Waals surface area contributed by atoms with Crippen LogP contribution in [0.25, 0.3) is 20.8 Å². The SMILES string of the molecule is Cn1c(-c2cc3nccc(Cl)c3s2)cnc1C(=O)NCCCN1CCOCC1. The zero-order chi connectivity index (χ0) is 19.5. The number of imidazole rings is 1. The number of carbonyl (C=O) groups excluding carboxylic acids is 1. The van der Waals surface area contributed by atoms with E-state index in [0.717, 1.165) is 60.1 Å². The molecule has 0 aliphatic carbocycles. The van der Waals surface area contributed by atoms with Gasteiger partial charge in [0.05, 0.1) is 45.2 Å². The number of nitrogens with zero attached hydrogens (tertiary/aromatic N) is 4. The summed E-state index contributed by atoms with van der Waals surface area (Å²) in [7, 11) is 1.85. The third-order valence-corrected chi connectivity index (χ3v) is 6.46. The minimum atomic E-state index is -0.159. The second kappa shape index (κ2) is 8.57. The number of aromatic nitrogens is 3. The van der Waals surface area contributed by atoms with Crippen LogP contribution in [0.15, 0.2) is 24.5 Å². The average molecular weight is 420 g/mol. The molecule has 0 aromatic carbocycles. The summed E-state index contributed by atoms with van der Waals surface area (Å²) in [6.45, 7) is 5.10. The van der Waals surface area contributed by atoms with Gasteiger partial charge in [0.25, 0.3) is 5.91 Å². The first-order chi connectivity index (χ1) is 13.6. The van der Waals surface area contributed by atoms with E-state index in [1.165, 1.54) is 0 Å². The zero-order valence-corrected chi connectivity index (χ0v) is 17.2. The number of pyridine rings is 1. The van der Waals surface area contributed by atoms with E-state index in [2.05, 4.69) is 20.2 Å². The normalized spacial score (nSPS) is 15.2. The highest BCUT2D eigenvalue weighted by Gasteiger charge is 2.18. The molecule has 9 heteroatoms. The minimum absolute atomic E-state index is 0.159. The molecule has 1 amide bonds. The van der Waals surface area contributed by atoms with E-state index in [0.29, 0.717) is 17.4 Å². The van der Waals surface area contributed by atoms with Gasteiger partial charge in [-0.1, -0.05) is 11.6 Å². The maximum Gasteiger partial charge on any atom is 0.287 e. The summed E-state index contributed by atoms with van der Waals surface area (Å²) >= 11 is 7.80. The molecule has 4 heterocycles. The van der Waals surface area contributed by atoms with Crippen LogP contribution in [0.5, 0.6) is 0 Å². The van der Waals surface area contributed by atoms with Gasteiger partial charge >= 0.3 is 0 Å². The molecule has 0 atom stereocenters. The van der Waals surface area contributed by atoms with Gasteiger partial charge < -0.3 is 14.6 Å². The van der Waals surface area contributed by atoms with Crippen LogP contribution in [0.3, 0.4) is 0 Å². The molecule has 4 rings (SSSR count). The lowest BCUT2D eigenvalue weighted by atomic mass is 10.3. The van der Waals surface area contributed by atoms with E-state index in [1.54, 1.807) is 29.8 Å². The maximum absolute atomic E-state index is 12.5. The smallest absolute Gasteiger partial charge is 0.287 e. The fourth-order valence-corrected chi connectivity index (χ4v) is 4.63. The number of thiophene rings is 1. The van der Waals surface area contributed by atoms with Crippen molar-refractivity contribution in [1.29, 1.82) is 0 Å².